The third-order valence-electron chi connectivity index (χ3n) is 3.60. The lowest BCUT2D eigenvalue weighted by Crippen LogP contribution is -2.36. The molecule has 0 aliphatic heterocycles. The maximum Gasteiger partial charge on any atom is 0.244 e. The van der Waals surface area contributed by atoms with Crippen LogP contribution in [0.15, 0.2) is 16.6 Å². The van der Waals surface area contributed by atoms with E-state index in [1.165, 1.54) is 0 Å². The van der Waals surface area contributed by atoms with Crippen LogP contribution in [0.1, 0.15) is 32.1 Å². The molecule has 2 rings (SSSR count). The molecule has 0 aromatic heterocycles. The predicted molar refractivity (Wildman–Crippen MR) is 83.9 cm³/mol. The fraction of sp³-hybridized carbons (Fsp3) is 0.429. The second-order valence-electron chi connectivity index (χ2n) is 4.95. The normalized spacial score (nSPS) is 17.3. The topological polar surface area (TPSA) is 52.9 Å². The van der Waals surface area contributed by atoms with Crippen LogP contribution in [0.4, 0.5) is 5.69 Å². The minimum atomic E-state index is -0.960. The second-order valence-corrected chi connectivity index (χ2v) is 6.68. The van der Waals surface area contributed by atoms with E-state index in [2.05, 4.69) is 27.3 Å². The summed E-state index contributed by atoms with van der Waals surface area (Å²) < 4.78 is 0.734. The van der Waals surface area contributed by atoms with Gasteiger partial charge < -0.3 is 5.32 Å². The number of hydrogen-bond donors (Lipinski definition) is 1. The average molecular weight is 376 g/mol. The van der Waals surface area contributed by atoms with Crippen molar-refractivity contribution in [2.24, 2.45) is 5.41 Å². The number of hydrogen-bond acceptors (Lipinski definition) is 2. The lowest BCUT2D eigenvalue weighted by Gasteiger charge is -2.29. The van der Waals surface area contributed by atoms with E-state index in [0.29, 0.717) is 28.6 Å². The Kier molecular flexibility index (Phi) is 4.95. The van der Waals surface area contributed by atoms with Gasteiger partial charge in [0.15, 0.2) is 0 Å². The van der Waals surface area contributed by atoms with Crippen LogP contribution in [-0.4, -0.2) is 5.91 Å². The number of nitrogens with zero attached hydrogens (tertiary/aromatic N) is 1. The monoisotopic (exact) mass is 374 g/mol. The highest BCUT2D eigenvalue weighted by Gasteiger charge is 2.40. The zero-order valence-corrected chi connectivity index (χ0v) is 13.8. The van der Waals surface area contributed by atoms with Gasteiger partial charge >= 0.3 is 0 Å². The van der Waals surface area contributed by atoms with Gasteiger partial charge in [0, 0.05) is 4.47 Å². The van der Waals surface area contributed by atoms with Gasteiger partial charge in [-0.15, -0.1) is 0 Å². The van der Waals surface area contributed by atoms with Gasteiger partial charge in [-0.1, -0.05) is 58.4 Å². The Balaban J connectivity index is 2.26. The maximum atomic E-state index is 12.4. The molecule has 0 heterocycles. The smallest absolute Gasteiger partial charge is 0.244 e. The van der Waals surface area contributed by atoms with E-state index in [-0.39, 0.29) is 5.91 Å². The molecule has 3 nitrogen and oxygen atoms in total. The molecule has 1 aromatic carbocycles. The van der Waals surface area contributed by atoms with Crippen molar-refractivity contribution in [2.75, 3.05) is 5.32 Å². The van der Waals surface area contributed by atoms with Crippen molar-refractivity contribution in [3.05, 3.63) is 26.7 Å². The van der Waals surface area contributed by atoms with Crippen LogP contribution in [0.25, 0.3) is 0 Å². The van der Waals surface area contributed by atoms with E-state index in [1.54, 1.807) is 12.1 Å². The number of halogens is 3. The van der Waals surface area contributed by atoms with Crippen LogP contribution in [0, 0.1) is 16.7 Å². The Bertz CT molecular complexity index is 554. The van der Waals surface area contributed by atoms with Crippen molar-refractivity contribution >= 4 is 50.7 Å². The van der Waals surface area contributed by atoms with Crippen LogP contribution < -0.4 is 5.32 Å². The number of benzene rings is 1. The van der Waals surface area contributed by atoms with Gasteiger partial charge in [-0.25, -0.2) is 0 Å². The summed E-state index contributed by atoms with van der Waals surface area (Å²) in [5, 5.41) is 12.8. The molecule has 1 aliphatic rings. The standard InChI is InChI=1S/C14H13BrCl2N2O/c15-9-6-10(16)12(11(17)7-9)19-13(20)14(8-18)4-2-1-3-5-14/h6-7H,1-5H2,(H,19,20). The first-order valence-corrected chi connectivity index (χ1v) is 7.91. The molecule has 1 aromatic rings. The van der Waals surface area contributed by atoms with Crippen molar-refractivity contribution in [1.82, 2.24) is 0 Å². The highest BCUT2D eigenvalue weighted by molar-refractivity contribution is 9.10. The minimum Gasteiger partial charge on any atom is -0.322 e. The van der Waals surface area contributed by atoms with E-state index in [9.17, 15) is 10.1 Å². The first kappa shape index (κ1) is 15.6. The number of carbonyl (C=O) groups excluding carboxylic acids is 1. The van der Waals surface area contributed by atoms with Gasteiger partial charge in [-0.3, -0.25) is 4.79 Å². The lowest BCUT2D eigenvalue weighted by atomic mass is 9.74. The molecule has 0 unspecified atom stereocenters. The zero-order chi connectivity index (χ0) is 14.8. The first-order chi connectivity index (χ1) is 9.48. The molecule has 0 bridgehead atoms. The van der Waals surface area contributed by atoms with Gasteiger partial charge in [0.25, 0.3) is 0 Å². The minimum absolute atomic E-state index is 0.314. The van der Waals surface area contributed by atoms with Crippen molar-refractivity contribution in [3.63, 3.8) is 0 Å². The number of nitrogens with one attached hydrogen (secondary N) is 1. The maximum absolute atomic E-state index is 12.4. The first-order valence-electron chi connectivity index (χ1n) is 6.36. The Morgan fingerprint density at radius 1 is 1.25 bits per heavy atom. The van der Waals surface area contributed by atoms with Gasteiger partial charge in [0.2, 0.25) is 5.91 Å². The molecule has 0 atom stereocenters. The molecule has 0 saturated heterocycles. The Morgan fingerprint density at radius 3 is 2.30 bits per heavy atom. The molecule has 0 spiro atoms. The average Bonchev–Trinajstić information content (AvgIpc) is 2.43. The van der Waals surface area contributed by atoms with Gasteiger partial charge in [-0.05, 0) is 25.0 Å². The Morgan fingerprint density at radius 2 is 1.80 bits per heavy atom. The molecule has 1 fully saturated rings. The summed E-state index contributed by atoms with van der Waals surface area (Å²) in [6.07, 6.45) is 4.02. The van der Waals surface area contributed by atoms with Gasteiger partial charge in [-0.2, -0.15) is 5.26 Å². The van der Waals surface area contributed by atoms with E-state index in [1.807, 2.05) is 0 Å². The van der Waals surface area contributed by atoms with E-state index < -0.39 is 5.41 Å². The Labute approximate surface area is 136 Å². The fourth-order valence-electron chi connectivity index (χ4n) is 2.44. The SMILES string of the molecule is N#CC1(C(=O)Nc2c(Cl)cc(Br)cc2Cl)CCCCC1. The summed E-state index contributed by atoms with van der Waals surface area (Å²) in [5.41, 5.74) is -0.598. The number of amides is 1. The van der Waals surface area contributed by atoms with E-state index in [0.717, 1.165) is 23.7 Å². The van der Waals surface area contributed by atoms with Gasteiger partial charge in [0.05, 0.1) is 21.8 Å². The molecule has 0 radical (unpaired) electrons. The lowest BCUT2D eigenvalue weighted by molar-refractivity contribution is -0.124. The molecule has 1 N–H and O–H groups in total. The molecule has 6 heteroatoms. The molecule has 1 amide bonds. The summed E-state index contributed by atoms with van der Waals surface area (Å²) in [6.45, 7) is 0. The second kappa shape index (κ2) is 6.34. The molecule has 1 saturated carbocycles. The number of anilines is 1. The van der Waals surface area contributed by atoms with E-state index in [4.69, 9.17) is 23.2 Å². The van der Waals surface area contributed by atoms with Gasteiger partial charge in [0.1, 0.15) is 5.41 Å². The molecule has 1 aliphatic carbocycles. The van der Waals surface area contributed by atoms with Crippen molar-refractivity contribution in [2.45, 2.75) is 32.1 Å². The van der Waals surface area contributed by atoms with Crippen molar-refractivity contribution in [1.29, 1.82) is 5.26 Å². The van der Waals surface area contributed by atoms with Crippen LogP contribution in [0.5, 0.6) is 0 Å². The van der Waals surface area contributed by atoms with Crippen LogP contribution in [0.3, 0.4) is 0 Å². The summed E-state index contributed by atoms with van der Waals surface area (Å²) in [5.74, 6) is -0.314. The van der Waals surface area contributed by atoms with Crippen LogP contribution in [0.2, 0.25) is 10.0 Å². The van der Waals surface area contributed by atoms with Crippen LogP contribution >= 0.6 is 39.1 Å². The molecule has 106 valence electrons. The fourth-order valence-corrected chi connectivity index (χ4v) is 3.74. The highest BCUT2D eigenvalue weighted by Crippen LogP contribution is 2.39. The van der Waals surface area contributed by atoms with Crippen molar-refractivity contribution < 1.29 is 4.79 Å². The summed E-state index contributed by atoms with van der Waals surface area (Å²) in [7, 11) is 0. The molecular weight excluding hydrogens is 363 g/mol. The summed E-state index contributed by atoms with van der Waals surface area (Å²) >= 11 is 15.5. The molecular formula is C14H13BrCl2N2O. The van der Waals surface area contributed by atoms with Crippen LogP contribution in [-0.2, 0) is 4.79 Å². The van der Waals surface area contributed by atoms with E-state index >= 15 is 0 Å². The number of nitriles is 1. The third-order valence-corrected chi connectivity index (χ3v) is 4.66. The number of rotatable bonds is 2. The zero-order valence-electron chi connectivity index (χ0n) is 10.7. The highest BCUT2D eigenvalue weighted by atomic mass is 79.9. The number of carbonyl (C=O) groups is 1. The summed E-state index contributed by atoms with van der Waals surface area (Å²) in [4.78, 5) is 12.4. The van der Waals surface area contributed by atoms with Crippen molar-refractivity contribution in [3.8, 4) is 6.07 Å². The largest absolute Gasteiger partial charge is 0.322 e. The summed E-state index contributed by atoms with van der Waals surface area (Å²) in [6, 6.07) is 5.49. The molecule has 20 heavy (non-hydrogen) atoms. The quantitative estimate of drug-likeness (QED) is 0.775. The predicted octanol–water partition coefficient (Wildman–Crippen LogP) is 5.17. The Hall–Kier alpha value is -0.760. The third kappa shape index (κ3) is 3.11.